The van der Waals surface area contributed by atoms with Crippen molar-refractivity contribution in [1.82, 2.24) is 30.5 Å². The van der Waals surface area contributed by atoms with E-state index in [0.717, 1.165) is 48.2 Å². The number of fused-ring (bicyclic) bond motifs is 1. The van der Waals surface area contributed by atoms with E-state index in [9.17, 15) is 4.79 Å². The molecule has 1 aliphatic heterocycles. The summed E-state index contributed by atoms with van der Waals surface area (Å²) >= 11 is 0. The van der Waals surface area contributed by atoms with Crippen LogP contribution in [-0.2, 0) is 17.9 Å². The van der Waals surface area contributed by atoms with Crippen molar-refractivity contribution < 1.29 is 9.53 Å². The Balaban J connectivity index is 1.49. The van der Waals surface area contributed by atoms with Crippen LogP contribution >= 0.6 is 0 Å². The van der Waals surface area contributed by atoms with Gasteiger partial charge >= 0.3 is 0 Å². The monoisotopic (exact) mass is 392 g/mol. The summed E-state index contributed by atoms with van der Waals surface area (Å²) in [5.41, 5.74) is 2.89. The lowest BCUT2D eigenvalue weighted by atomic mass is 10.0. The molecular weight excluding hydrogens is 368 g/mol. The van der Waals surface area contributed by atoms with Gasteiger partial charge in [-0.2, -0.15) is 0 Å². The maximum Gasteiger partial charge on any atom is 0.231 e. The summed E-state index contributed by atoms with van der Waals surface area (Å²) in [5.74, 6) is 1.51. The van der Waals surface area contributed by atoms with Crippen LogP contribution in [-0.4, -0.2) is 31.1 Å². The number of nitrogens with one attached hydrogen (secondary N) is 1. The van der Waals surface area contributed by atoms with E-state index in [1.165, 1.54) is 0 Å². The van der Waals surface area contributed by atoms with Gasteiger partial charge in [0.25, 0.3) is 0 Å². The van der Waals surface area contributed by atoms with Gasteiger partial charge in [-0.15, -0.1) is 5.10 Å². The molecule has 2 aromatic heterocycles. The van der Waals surface area contributed by atoms with Crippen LogP contribution in [0.25, 0.3) is 0 Å². The van der Waals surface area contributed by atoms with Gasteiger partial charge in [0.2, 0.25) is 11.8 Å². The van der Waals surface area contributed by atoms with Crippen LogP contribution in [0.3, 0.4) is 0 Å². The van der Waals surface area contributed by atoms with Gasteiger partial charge in [-0.25, -0.2) is 9.67 Å². The maximum atomic E-state index is 12.9. The van der Waals surface area contributed by atoms with Crippen LogP contribution in [0.5, 0.6) is 11.6 Å². The number of aromatic nitrogens is 5. The van der Waals surface area contributed by atoms with Crippen molar-refractivity contribution in [3.05, 3.63) is 59.0 Å². The van der Waals surface area contributed by atoms with Crippen LogP contribution in [0.2, 0.25) is 0 Å². The van der Waals surface area contributed by atoms with Gasteiger partial charge in [0.05, 0.1) is 5.92 Å². The standard InChI is InChI=1S/C21H24N6O2/c1-14-7-5-8-15(2)18(14)29-21-16(9-6-11-22-21)13-23-20(28)17-10-3-4-12-27-19(17)24-25-26-27/h5-9,11,17H,3-4,10,12-13H2,1-2H3,(H,23,28)/t17-/m1/s1. The predicted molar refractivity (Wildman–Crippen MR) is 106 cm³/mol. The van der Waals surface area contributed by atoms with Gasteiger partial charge in [0, 0.05) is 24.8 Å². The van der Waals surface area contributed by atoms with Gasteiger partial charge < -0.3 is 10.1 Å². The van der Waals surface area contributed by atoms with Crippen molar-refractivity contribution >= 4 is 5.91 Å². The summed E-state index contributed by atoms with van der Waals surface area (Å²) < 4.78 is 7.85. The number of hydrogen-bond donors (Lipinski definition) is 1. The molecule has 0 radical (unpaired) electrons. The molecule has 4 rings (SSSR count). The number of tetrazole rings is 1. The van der Waals surface area contributed by atoms with Gasteiger partial charge in [0.15, 0.2) is 5.82 Å². The molecule has 0 saturated carbocycles. The quantitative estimate of drug-likeness (QED) is 0.717. The third-order valence-electron chi connectivity index (χ3n) is 5.21. The first-order chi connectivity index (χ1) is 14.1. The van der Waals surface area contributed by atoms with E-state index in [1.807, 2.05) is 44.2 Å². The molecule has 1 aliphatic rings. The van der Waals surface area contributed by atoms with Crippen molar-refractivity contribution in [2.45, 2.75) is 52.1 Å². The summed E-state index contributed by atoms with van der Waals surface area (Å²) in [6.45, 7) is 5.08. The number of carbonyl (C=O) groups excluding carboxylic acids is 1. The zero-order valence-corrected chi connectivity index (χ0v) is 16.6. The zero-order chi connectivity index (χ0) is 20.2. The fourth-order valence-electron chi connectivity index (χ4n) is 3.62. The Labute approximate surface area is 169 Å². The summed E-state index contributed by atoms with van der Waals surface area (Å²) in [7, 11) is 0. The third-order valence-corrected chi connectivity index (χ3v) is 5.21. The van der Waals surface area contributed by atoms with Gasteiger partial charge in [0.1, 0.15) is 5.75 Å². The number of para-hydroxylation sites is 1. The molecule has 0 unspecified atom stereocenters. The second-order valence-corrected chi connectivity index (χ2v) is 7.32. The number of carbonyl (C=O) groups is 1. The molecule has 1 aromatic carbocycles. The molecule has 0 spiro atoms. The zero-order valence-electron chi connectivity index (χ0n) is 16.6. The van der Waals surface area contributed by atoms with Gasteiger partial charge in [-0.1, -0.05) is 30.7 Å². The highest BCUT2D eigenvalue weighted by molar-refractivity contribution is 5.82. The number of rotatable bonds is 5. The highest BCUT2D eigenvalue weighted by Gasteiger charge is 2.28. The topological polar surface area (TPSA) is 94.8 Å². The highest BCUT2D eigenvalue weighted by Crippen LogP contribution is 2.29. The molecule has 0 bridgehead atoms. The molecule has 150 valence electrons. The van der Waals surface area contributed by atoms with Gasteiger partial charge in [-0.3, -0.25) is 4.79 Å². The van der Waals surface area contributed by atoms with Crippen molar-refractivity contribution in [2.75, 3.05) is 0 Å². The first kappa shape index (κ1) is 19.0. The maximum absolute atomic E-state index is 12.9. The Morgan fingerprint density at radius 2 is 2.03 bits per heavy atom. The Morgan fingerprint density at radius 3 is 2.86 bits per heavy atom. The first-order valence-corrected chi connectivity index (χ1v) is 9.85. The normalized spacial score (nSPS) is 16.0. The van der Waals surface area contributed by atoms with Gasteiger partial charge in [-0.05, 0) is 54.3 Å². The highest BCUT2D eigenvalue weighted by atomic mass is 16.5. The van der Waals surface area contributed by atoms with Crippen molar-refractivity contribution in [3.63, 3.8) is 0 Å². The summed E-state index contributed by atoms with van der Waals surface area (Å²) in [4.78, 5) is 17.3. The molecule has 0 saturated heterocycles. The summed E-state index contributed by atoms with van der Waals surface area (Å²) in [5, 5.41) is 14.8. The average molecular weight is 392 g/mol. The Hall–Kier alpha value is -3.29. The van der Waals surface area contributed by atoms with E-state index >= 15 is 0 Å². The van der Waals surface area contributed by atoms with E-state index < -0.39 is 0 Å². The molecule has 3 aromatic rings. The minimum absolute atomic E-state index is 0.0789. The number of pyridine rings is 1. The molecule has 0 aliphatic carbocycles. The number of ether oxygens (including phenoxy) is 1. The van der Waals surface area contributed by atoms with Crippen molar-refractivity contribution in [3.8, 4) is 11.6 Å². The average Bonchev–Trinajstić information content (AvgIpc) is 3.09. The van der Waals surface area contributed by atoms with Crippen molar-refractivity contribution in [1.29, 1.82) is 0 Å². The number of hydrogen-bond acceptors (Lipinski definition) is 6. The van der Waals surface area contributed by atoms with Crippen LogP contribution < -0.4 is 10.1 Å². The minimum Gasteiger partial charge on any atom is -0.438 e. The van der Waals surface area contributed by atoms with E-state index in [2.05, 4.69) is 25.8 Å². The molecule has 1 atom stereocenters. The fourth-order valence-corrected chi connectivity index (χ4v) is 3.62. The first-order valence-electron chi connectivity index (χ1n) is 9.85. The number of aryl methyl sites for hydroxylation is 3. The second kappa shape index (κ2) is 8.38. The Bertz CT molecular complexity index is 996. The molecule has 3 heterocycles. The molecule has 8 nitrogen and oxygen atoms in total. The van der Waals surface area contributed by atoms with Crippen LogP contribution in [0.1, 0.15) is 47.7 Å². The van der Waals surface area contributed by atoms with E-state index in [0.29, 0.717) is 18.2 Å². The largest absolute Gasteiger partial charge is 0.438 e. The molecule has 1 N–H and O–H groups in total. The fraction of sp³-hybridized carbons (Fsp3) is 0.381. The third kappa shape index (κ3) is 4.11. The Morgan fingerprint density at radius 1 is 1.21 bits per heavy atom. The number of nitrogens with zero attached hydrogens (tertiary/aromatic N) is 5. The van der Waals surface area contributed by atoms with E-state index in [-0.39, 0.29) is 11.8 Å². The summed E-state index contributed by atoms with van der Waals surface area (Å²) in [6, 6.07) is 9.75. The SMILES string of the molecule is Cc1cccc(C)c1Oc1ncccc1CNC(=O)[C@@H]1CCCCn2nnnc21. The number of benzene rings is 1. The second-order valence-electron chi connectivity index (χ2n) is 7.32. The number of amides is 1. The van der Waals surface area contributed by atoms with Crippen LogP contribution in [0, 0.1) is 13.8 Å². The minimum atomic E-state index is -0.341. The summed E-state index contributed by atoms with van der Waals surface area (Å²) in [6.07, 6.45) is 4.36. The van der Waals surface area contributed by atoms with Crippen LogP contribution in [0.4, 0.5) is 0 Å². The Kier molecular flexibility index (Phi) is 5.50. The van der Waals surface area contributed by atoms with E-state index in [1.54, 1.807) is 10.9 Å². The molecule has 0 fully saturated rings. The molecule has 8 heteroatoms. The molecule has 1 amide bonds. The molecule has 29 heavy (non-hydrogen) atoms. The lowest BCUT2D eigenvalue weighted by Gasteiger charge is -2.16. The smallest absolute Gasteiger partial charge is 0.231 e. The lowest BCUT2D eigenvalue weighted by Crippen LogP contribution is -2.30. The van der Waals surface area contributed by atoms with Crippen LogP contribution in [0.15, 0.2) is 36.5 Å². The predicted octanol–water partition coefficient (Wildman–Crippen LogP) is 3.06. The van der Waals surface area contributed by atoms with Crippen molar-refractivity contribution in [2.24, 2.45) is 0 Å². The lowest BCUT2D eigenvalue weighted by molar-refractivity contribution is -0.123. The molecular formula is C21H24N6O2. The van der Waals surface area contributed by atoms with E-state index in [4.69, 9.17) is 4.74 Å².